The summed E-state index contributed by atoms with van der Waals surface area (Å²) in [6.45, 7) is 3.54. The lowest BCUT2D eigenvalue weighted by molar-refractivity contribution is 0.167. The summed E-state index contributed by atoms with van der Waals surface area (Å²) >= 11 is 0. The molecule has 1 aromatic rings. The number of methoxy groups -OCH3 is 1. The standard InChI is InChI=1S/C25H32NO/c1-25-15-8-4-7-11-21(17-20-12-13-22(27-2)18-23(20)25)24(25)26-16-14-19-9-5-3-6-10-19/h5-6,9-10,12-13,18,21,24,26H,4,7-8,11,14-17H2,1-2H3/q+1/t21-,24-,25+/m0/s1. The Kier molecular flexibility index (Phi) is 5.48. The molecular weight excluding hydrogens is 330 g/mol. The number of hydrogen-bond donors (Lipinski definition) is 1. The second-order valence-corrected chi connectivity index (χ2v) is 8.59. The summed E-state index contributed by atoms with van der Waals surface area (Å²) in [7, 11) is 1.78. The van der Waals surface area contributed by atoms with Crippen molar-refractivity contribution < 1.29 is 4.74 Å². The second kappa shape index (κ2) is 8.00. The Hall–Kier alpha value is -1.89. The zero-order chi connectivity index (χ0) is 18.7. The SMILES string of the molecule is COc1ccc2c(c1)[C@@]1(C)CCCCC[C@@H](C2)[C@@H]1NCCC1=CC=[C+]C=C1. The molecule has 0 spiro atoms. The van der Waals surface area contributed by atoms with Gasteiger partial charge in [-0.05, 0) is 48.4 Å². The van der Waals surface area contributed by atoms with Crippen molar-refractivity contribution in [3.8, 4) is 5.75 Å². The Morgan fingerprint density at radius 3 is 3.00 bits per heavy atom. The first-order chi connectivity index (χ1) is 13.2. The maximum atomic E-state index is 5.57. The molecule has 1 N–H and O–H groups in total. The first kappa shape index (κ1) is 18.5. The maximum Gasteiger partial charge on any atom is 0.119 e. The molecule has 1 aromatic carbocycles. The molecule has 0 aromatic heterocycles. The summed E-state index contributed by atoms with van der Waals surface area (Å²) in [5.74, 6) is 1.73. The molecule has 1 saturated carbocycles. The number of rotatable bonds is 5. The molecule has 3 atom stereocenters. The van der Waals surface area contributed by atoms with E-state index in [-0.39, 0.29) is 5.41 Å². The zero-order valence-corrected chi connectivity index (χ0v) is 16.8. The van der Waals surface area contributed by atoms with Gasteiger partial charge in [0.25, 0.3) is 0 Å². The Balaban J connectivity index is 1.59. The summed E-state index contributed by atoms with van der Waals surface area (Å²) in [4.78, 5) is 0. The third kappa shape index (κ3) is 3.74. The lowest BCUT2D eigenvalue weighted by Gasteiger charge is -2.49. The van der Waals surface area contributed by atoms with E-state index in [1.807, 2.05) is 12.2 Å². The van der Waals surface area contributed by atoms with Crippen LogP contribution in [-0.2, 0) is 11.8 Å². The number of allylic oxidation sites excluding steroid dienone is 5. The van der Waals surface area contributed by atoms with Gasteiger partial charge >= 0.3 is 0 Å². The molecule has 3 aliphatic carbocycles. The van der Waals surface area contributed by atoms with Crippen LogP contribution in [-0.4, -0.2) is 19.7 Å². The topological polar surface area (TPSA) is 21.3 Å². The van der Waals surface area contributed by atoms with Crippen molar-refractivity contribution in [1.82, 2.24) is 5.32 Å². The summed E-state index contributed by atoms with van der Waals surface area (Å²) in [5, 5.41) is 4.01. The van der Waals surface area contributed by atoms with Gasteiger partial charge < -0.3 is 10.1 Å². The quantitative estimate of drug-likeness (QED) is 0.718. The highest BCUT2D eigenvalue weighted by Gasteiger charge is 2.45. The van der Waals surface area contributed by atoms with Gasteiger partial charge in [-0.1, -0.05) is 32.3 Å². The molecule has 3 aliphatic rings. The van der Waals surface area contributed by atoms with Gasteiger partial charge in [0.1, 0.15) is 17.9 Å². The van der Waals surface area contributed by atoms with Crippen LogP contribution in [0.4, 0.5) is 0 Å². The van der Waals surface area contributed by atoms with E-state index in [1.165, 1.54) is 49.7 Å². The number of ether oxygens (including phenoxy) is 1. The molecule has 2 heteroatoms. The van der Waals surface area contributed by atoms with E-state index < -0.39 is 0 Å². The van der Waals surface area contributed by atoms with E-state index in [9.17, 15) is 0 Å². The fraction of sp³-hybridized carbons (Fsp3) is 0.520. The molecule has 0 radical (unpaired) electrons. The van der Waals surface area contributed by atoms with Crippen molar-refractivity contribution in [2.45, 2.75) is 63.3 Å². The fourth-order valence-corrected chi connectivity index (χ4v) is 5.47. The van der Waals surface area contributed by atoms with Gasteiger partial charge in [-0.2, -0.15) is 0 Å². The van der Waals surface area contributed by atoms with Crippen molar-refractivity contribution in [3.63, 3.8) is 0 Å². The van der Waals surface area contributed by atoms with Crippen LogP contribution < -0.4 is 10.1 Å². The lowest BCUT2D eigenvalue weighted by Crippen LogP contribution is -2.55. The second-order valence-electron chi connectivity index (χ2n) is 8.59. The van der Waals surface area contributed by atoms with Gasteiger partial charge in [-0.15, -0.1) is 0 Å². The van der Waals surface area contributed by atoms with E-state index in [2.05, 4.69) is 48.7 Å². The van der Waals surface area contributed by atoms with Crippen LogP contribution in [0.3, 0.4) is 0 Å². The van der Waals surface area contributed by atoms with E-state index in [1.54, 1.807) is 12.7 Å². The highest BCUT2D eigenvalue weighted by Crippen LogP contribution is 2.47. The molecule has 4 rings (SSSR count). The Morgan fingerprint density at radius 1 is 1.26 bits per heavy atom. The molecule has 0 heterocycles. The number of benzene rings is 1. The number of hydrogen-bond acceptors (Lipinski definition) is 2. The fourth-order valence-electron chi connectivity index (χ4n) is 5.47. The van der Waals surface area contributed by atoms with Crippen LogP contribution in [0, 0.1) is 12.0 Å². The van der Waals surface area contributed by atoms with Crippen LogP contribution in [0.1, 0.15) is 56.6 Å². The molecule has 0 unspecified atom stereocenters. The summed E-state index contributed by atoms with van der Waals surface area (Å²) in [6.07, 6.45) is 20.5. The molecule has 2 nitrogen and oxygen atoms in total. The summed E-state index contributed by atoms with van der Waals surface area (Å²) in [5.41, 5.74) is 4.65. The number of fused-ring (bicyclic) bond motifs is 4. The summed E-state index contributed by atoms with van der Waals surface area (Å²) < 4.78 is 5.57. The smallest absolute Gasteiger partial charge is 0.119 e. The molecular formula is C25H32NO+. The molecule has 1 fully saturated rings. The Morgan fingerprint density at radius 2 is 2.19 bits per heavy atom. The minimum atomic E-state index is 0.192. The predicted octanol–water partition coefficient (Wildman–Crippen LogP) is 5.29. The minimum absolute atomic E-state index is 0.192. The van der Waals surface area contributed by atoms with Gasteiger partial charge in [-0.25, -0.2) is 0 Å². The van der Waals surface area contributed by atoms with Gasteiger partial charge in [0.2, 0.25) is 0 Å². The van der Waals surface area contributed by atoms with Gasteiger partial charge in [0.15, 0.2) is 0 Å². The number of nitrogens with one attached hydrogen (secondary N) is 1. The molecule has 142 valence electrons. The zero-order valence-electron chi connectivity index (χ0n) is 16.8. The first-order valence-electron chi connectivity index (χ1n) is 10.6. The van der Waals surface area contributed by atoms with Crippen molar-refractivity contribution in [2.24, 2.45) is 5.92 Å². The van der Waals surface area contributed by atoms with Crippen LogP contribution >= 0.6 is 0 Å². The summed E-state index contributed by atoms with van der Waals surface area (Å²) in [6, 6.07) is 7.32. The Labute approximate surface area is 164 Å². The van der Waals surface area contributed by atoms with Crippen molar-refractivity contribution in [3.05, 3.63) is 65.3 Å². The highest BCUT2D eigenvalue weighted by molar-refractivity contribution is 5.44. The van der Waals surface area contributed by atoms with E-state index in [0.717, 1.165) is 24.6 Å². The van der Waals surface area contributed by atoms with Crippen LogP contribution in [0.2, 0.25) is 0 Å². The maximum absolute atomic E-state index is 5.57. The van der Waals surface area contributed by atoms with E-state index in [0.29, 0.717) is 6.04 Å². The van der Waals surface area contributed by atoms with Gasteiger partial charge in [-0.3, -0.25) is 0 Å². The van der Waals surface area contributed by atoms with Crippen molar-refractivity contribution in [1.29, 1.82) is 0 Å². The molecule has 0 amide bonds. The lowest BCUT2D eigenvalue weighted by atomic mass is 9.59. The molecule has 2 bridgehead atoms. The van der Waals surface area contributed by atoms with Gasteiger partial charge in [0, 0.05) is 30.5 Å². The average Bonchev–Trinajstić information content (AvgIpc) is 2.70. The minimum Gasteiger partial charge on any atom is -0.497 e. The molecule has 0 saturated heterocycles. The largest absolute Gasteiger partial charge is 0.497 e. The molecule has 27 heavy (non-hydrogen) atoms. The predicted molar refractivity (Wildman–Crippen MR) is 112 cm³/mol. The van der Waals surface area contributed by atoms with E-state index in [4.69, 9.17) is 4.74 Å². The third-order valence-electron chi connectivity index (χ3n) is 6.91. The van der Waals surface area contributed by atoms with Crippen molar-refractivity contribution in [2.75, 3.05) is 13.7 Å². The van der Waals surface area contributed by atoms with E-state index >= 15 is 0 Å². The van der Waals surface area contributed by atoms with Gasteiger partial charge in [0.05, 0.1) is 24.8 Å². The Bertz CT molecular complexity index is 760. The first-order valence-corrected chi connectivity index (χ1v) is 10.6. The van der Waals surface area contributed by atoms with Crippen LogP contribution in [0.5, 0.6) is 5.75 Å². The highest BCUT2D eigenvalue weighted by atomic mass is 16.5. The van der Waals surface area contributed by atoms with Crippen LogP contribution in [0.25, 0.3) is 0 Å². The average molecular weight is 363 g/mol. The molecule has 0 aliphatic heterocycles. The van der Waals surface area contributed by atoms with Crippen molar-refractivity contribution >= 4 is 0 Å². The third-order valence-corrected chi connectivity index (χ3v) is 6.91. The normalized spacial score (nSPS) is 29.2. The monoisotopic (exact) mass is 362 g/mol. The van der Waals surface area contributed by atoms with Crippen LogP contribution in [0.15, 0.2) is 48.1 Å².